The van der Waals surface area contributed by atoms with E-state index >= 15 is 0 Å². The van der Waals surface area contributed by atoms with Crippen LogP contribution in [0.4, 0.5) is 4.79 Å². The van der Waals surface area contributed by atoms with Crippen molar-refractivity contribution < 1.29 is 9.53 Å². The second-order valence-corrected chi connectivity index (χ2v) is 6.85. The van der Waals surface area contributed by atoms with E-state index < -0.39 is 5.60 Å². The molecule has 0 aromatic heterocycles. The lowest BCUT2D eigenvalue weighted by atomic mass is 9.97. The number of ether oxygens (including phenoxy) is 1. The molecule has 1 heterocycles. The minimum atomic E-state index is -0.403. The average Bonchev–Trinajstić information content (AvgIpc) is 2.33. The van der Waals surface area contributed by atoms with Crippen LogP contribution in [0.25, 0.3) is 0 Å². The van der Waals surface area contributed by atoms with Crippen LogP contribution in [0, 0.1) is 5.92 Å². The summed E-state index contributed by atoms with van der Waals surface area (Å²) >= 11 is 0. The molecule has 0 aromatic carbocycles. The van der Waals surface area contributed by atoms with Crippen LogP contribution < -0.4 is 5.32 Å². The molecule has 0 saturated carbocycles. The molecule has 1 rings (SSSR count). The van der Waals surface area contributed by atoms with Gasteiger partial charge in [0.1, 0.15) is 5.60 Å². The second-order valence-electron chi connectivity index (χ2n) is 6.85. The van der Waals surface area contributed by atoms with Crippen molar-refractivity contribution in [2.45, 2.75) is 53.1 Å². The zero-order chi connectivity index (χ0) is 15.2. The van der Waals surface area contributed by atoms with Gasteiger partial charge in [0.25, 0.3) is 0 Å². The van der Waals surface area contributed by atoms with E-state index in [2.05, 4.69) is 25.2 Å². The molecule has 1 aliphatic heterocycles. The Balaban J connectivity index is 2.23. The van der Waals surface area contributed by atoms with E-state index in [1.807, 2.05) is 25.7 Å². The van der Waals surface area contributed by atoms with Crippen molar-refractivity contribution >= 4 is 6.09 Å². The Morgan fingerprint density at radius 3 is 2.40 bits per heavy atom. The lowest BCUT2D eigenvalue weighted by Crippen LogP contribution is -2.43. The minimum absolute atomic E-state index is 0.173. The molecule has 20 heavy (non-hydrogen) atoms. The first-order valence-electron chi connectivity index (χ1n) is 7.60. The summed E-state index contributed by atoms with van der Waals surface area (Å²) in [5.74, 6) is 0.666. The van der Waals surface area contributed by atoms with Gasteiger partial charge in [-0.1, -0.05) is 11.6 Å². The van der Waals surface area contributed by atoms with Crippen LogP contribution in [0.3, 0.4) is 0 Å². The van der Waals surface area contributed by atoms with Crippen molar-refractivity contribution in [1.82, 2.24) is 10.2 Å². The third-order valence-electron chi connectivity index (χ3n) is 3.35. The smallest absolute Gasteiger partial charge is 0.410 e. The van der Waals surface area contributed by atoms with Crippen molar-refractivity contribution in [2.24, 2.45) is 5.92 Å². The quantitative estimate of drug-likeness (QED) is 0.636. The van der Waals surface area contributed by atoms with Gasteiger partial charge in [-0.3, -0.25) is 0 Å². The highest BCUT2D eigenvalue weighted by molar-refractivity contribution is 5.68. The molecule has 0 aliphatic carbocycles. The molecule has 1 N–H and O–H groups in total. The Labute approximate surface area is 123 Å². The SMILES string of the molecule is CC(C)=CCNCC1CCN(C(=O)OC(C)(C)C)CC1. The number of amides is 1. The maximum absolute atomic E-state index is 11.9. The van der Waals surface area contributed by atoms with Gasteiger partial charge >= 0.3 is 6.09 Å². The molecule has 0 unspecified atom stereocenters. The fourth-order valence-electron chi connectivity index (χ4n) is 2.21. The van der Waals surface area contributed by atoms with Crippen LogP contribution in [0.5, 0.6) is 0 Å². The van der Waals surface area contributed by atoms with E-state index in [4.69, 9.17) is 4.74 Å². The van der Waals surface area contributed by atoms with Crippen molar-refractivity contribution in [3.63, 3.8) is 0 Å². The summed E-state index contributed by atoms with van der Waals surface area (Å²) < 4.78 is 5.40. The second kappa shape index (κ2) is 7.67. The van der Waals surface area contributed by atoms with Crippen LogP contribution in [-0.2, 0) is 4.74 Å². The number of piperidine rings is 1. The van der Waals surface area contributed by atoms with Crippen LogP contribution >= 0.6 is 0 Å². The van der Waals surface area contributed by atoms with Gasteiger partial charge in [0.15, 0.2) is 0 Å². The fraction of sp³-hybridized carbons (Fsp3) is 0.812. The molecule has 0 aromatic rings. The molecule has 4 nitrogen and oxygen atoms in total. The Hall–Kier alpha value is -1.03. The van der Waals surface area contributed by atoms with Crippen molar-refractivity contribution in [2.75, 3.05) is 26.2 Å². The van der Waals surface area contributed by atoms with Crippen molar-refractivity contribution in [3.05, 3.63) is 11.6 Å². The van der Waals surface area contributed by atoms with E-state index in [-0.39, 0.29) is 6.09 Å². The summed E-state index contributed by atoms with van der Waals surface area (Å²) in [4.78, 5) is 13.8. The number of nitrogens with one attached hydrogen (secondary N) is 1. The summed E-state index contributed by atoms with van der Waals surface area (Å²) in [5, 5.41) is 3.46. The van der Waals surface area contributed by atoms with Crippen LogP contribution in [-0.4, -0.2) is 42.8 Å². The molecule has 1 fully saturated rings. The number of carbonyl (C=O) groups is 1. The summed E-state index contributed by atoms with van der Waals surface area (Å²) in [6.07, 6.45) is 4.14. The summed E-state index contributed by atoms with van der Waals surface area (Å²) in [6, 6.07) is 0. The lowest BCUT2D eigenvalue weighted by Gasteiger charge is -2.33. The molecule has 0 atom stereocenters. The summed E-state index contributed by atoms with van der Waals surface area (Å²) in [7, 11) is 0. The molecular formula is C16H30N2O2. The predicted molar refractivity (Wildman–Crippen MR) is 82.8 cm³/mol. The van der Waals surface area contributed by atoms with Gasteiger partial charge in [-0.15, -0.1) is 0 Å². The number of allylic oxidation sites excluding steroid dienone is 1. The number of nitrogens with zero attached hydrogens (tertiary/aromatic N) is 1. The zero-order valence-electron chi connectivity index (χ0n) is 13.7. The third kappa shape index (κ3) is 6.94. The van der Waals surface area contributed by atoms with Crippen LogP contribution in [0.15, 0.2) is 11.6 Å². The first-order chi connectivity index (χ1) is 9.28. The topological polar surface area (TPSA) is 41.6 Å². The number of hydrogen-bond acceptors (Lipinski definition) is 3. The van der Waals surface area contributed by atoms with Gasteiger partial charge in [0, 0.05) is 19.6 Å². The van der Waals surface area contributed by atoms with Gasteiger partial charge in [-0.25, -0.2) is 4.79 Å². The van der Waals surface area contributed by atoms with E-state index in [9.17, 15) is 4.79 Å². The molecule has 4 heteroatoms. The monoisotopic (exact) mass is 282 g/mol. The predicted octanol–water partition coefficient (Wildman–Crippen LogP) is 3.19. The molecule has 0 radical (unpaired) electrons. The maximum atomic E-state index is 11.9. The van der Waals surface area contributed by atoms with Crippen LogP contribution in [0.1, 0.15) is 47.5 Å². The van der Waals surface area contributed by atoms with Gasteiger partial charge in [-0.05, 0) is 59.9 Å². The summed E-state index contributed by atoms with van der Waals surface area (Å²) in [5.41, 5.74) is 0.942. The Morgan fingerprint density at radius 2 is 1.90 bits per heavy atom. The first kappa shape index (κ1) is 17.0. The van der Waals surface area contributed by atoms with Gasteiger partial charge in [0.05, 0.1) is 0 Å². The number of hydrogen-bond donors (Lipinski definition) is 1. The third-order valence-corrected chi connectivity index (χ3v) is 3.35. The molecular weight excluding hydrogens is 252 g/mol. The number of likely N-dealkylation sites (tertiary alicyclic amines) is 1. The van der Waals surface area contributed by atoms with E-state index in [0.29, 0.717) is 5.92 Å². The Morgan fingerprint density at radius 1 is 1.30 bits per heavy atom. The molecule has 1 amide bonds. The molecule has 0 bridgehead atoms. The Kier molecular flexibility index (Phi) is 6.53. The van der Waals surface area contributed by atoms with E-state index in [1.54, 1.807) is 0 Å². The van der Waals surface area contributed by atoms with Gasteiger partial charge in [0.2, 0.25) is 0 Å². The summed E-state index contributed by atoms with van der Waals surface area (Å²) in [6.45, 7) is 13.5. The van der Waals surface area contributed by atoms with E-state index in [0.717, 1.165) is 39.0 Å². The minimum Gasteiger partial charge on any atom is -0.444 e. The van der Waals surface area contributed by atoms with E-state index in [1.165, 1.54) is 5.57 Å². The molecule has 0 spiro atoms. The molecule has 116 valence electrons. The van der Waals surface area contributed by atoms with Gasteiger partial charge in [-0.2, -0.15) is 0 Å². The first-order valence-corrected chi connectivity index (χ1v) is 7.60. The highest BCUT2D eigenvalue weighted by Crippen LogP contribution is 2.19. The largest absolute Gasteiger partial charge is 0.444 e. The van der Waals surface area contributed by atoms with Crippen molar-refractivity contribution in [3.8, 4) is 0 Å². The highest BCUT2D eigenvalue weighted by Gasteiger charge is 2.26. The maximum Gasteiger partial charge on any atom is 0.410 e. The average molecular weight is 282 g/mol. The van der Waals surface area contributed by atoms with Crippen LogP contribution in [0.2, 0.25) is 0 Å². The standard InChI is InChI=1S/C16H30N2O2/c1-13(2)6-9-17-12-14-7-10-18(11-8-14)15(19)20-16(3,4)5/h6,14,17H,7-12H2,1-5H3. The molecule has 1 saturated heterocycles. The Bertz CT molecular complexity index is 333. The normalized spacial score (nSPS) is 16.9. The fourth-order valence-corrected chi connectivity index (χ4v) is 2.21. The lowest BCUT2D eigenvalue weighted by molar-refractivity contribution is 0.0184. The van der Waals surface area contributed by atoms with Crippen molar-refractivity contribution in [1.29, 1.82) is 0 Å². The number of rotatable bonds is 4. The van der Waals surface area contributed by atoms with Gasteiger partial charge < -0.3 is 15.0 Å². The molecule has 1 aliphatic rings. The number of carbonyl (C=O) groups excluding carboxylic acids is 1. The zero-order valence-corrected chi connectivity index (χ0v) is 13.7. The highest BCUT2D eigenvalue weighted by atomic mass is 16.6.